The highest BCUT2D eigenvalue weighted by atomic mass is 79.9. The second-order valence-corrected chi connectivity index (χ2v) is 4.14. The summed E-state index contributed by atoms with van der Waals surface area (Å²) in [6.07, 6.45) is 0. The molecule has 2 N–H and O–H groups in total. The molecule has 0 aliphatic heterocycles. The summed E-state index contributed by atoms with van der Waals surface area (Å²) >= 11 is 1.67. The van der Waals surface area contributed by atoms with Gasteiger partial charge in [-0.1, -0.05) is 6.07 Å². The van der Waals surface area contributed by atoms with E-state index in [2.05, 4.69) is 0 Å². The summed E-state index contributed by atoms with van der Waals surface area (Å²) in [4.78, 5) is -4.28. The van der Waals surface area contributed by atoms with Crippen molar-refractivity contribution in [3.63, 3.8) is 0 Å². The lowest BCUT2D eigenvalue weighted by molar-refractivity contribution is -0.154. The van der Waals surface area contributed by atoms with Crippen molar-refractivity contribution in [2.45, 2.75) is 17.7 Å². The third kappa shape index (κ3) is 2.25. The molecule has 1 rings (SSSR count). The monoisotopic (exact) mass is 285 g/mol. The highest BCUT2D eigenvalue weighted by Crippen LogP contribution is 2.47. The SMILES string of the molecule is Cc1cc(C(F)(F)C(F)(F)Br)ccc1N. The Bertz CT molecular complexity index is 373. The molecule has 15 heavy (non-hydrogen) atoms. The standard InChI is InChI=1S/C9H8BrF4N/c1-5-4-6(2-3-7(5)15)8(11,12)9(10,13)14/h2-4H,15H2,1H3. The van der Waals surface area contributed by atoms with Crippen LogP contribution in [0.2, 0.25) is 0 Å². The van der Waals surface area contributed by atoms with E-state index in [1.807, 2.05) is 0 Å². The van der Waals surface area contributed by atoms with Crippen molar-refractivity contribution in [3.05, 3.63) is 29.3 Å². The van der Waals surface area contributed by atoms with Crippen molar-refractivity contribution in [2.75, 3.05) is 5.73 Å². The number of hydrogen-bond acceptors (Lipinski definition) is 1. The van der Waals surface area contributed by atoms with Gasteiger partial charge in [-0.25, -0.2) is 0 Å². The minimum absolute atomic E-state index is 0.285. The van der Waals surface area contributed by atoms with E-state index >= 15 is 0 Å². The van der Waals surface area contributed by atoms with Crippen molar-refractivity contribution >= 4 is 21.6 Å². The minimum atomic E-state index is -4.28. The Labute approximate surface area is 92.4 Å². The average molecular weight is 286 g/mol. The molecular formula is C9H8BrF4N. The third-order valence-corrected chi connectivity index (χ3v) is 2.49. The Balaban J connectivity index is 3.22. The molecule has 1 nitrogen and oxygen atoms in total. The van der Waals surface area contributed by atoms with E-state index in [1.165, 1.54) is 13.0 Å². The molecule has 0 aliphatic rings. The summed E-state index contributed by atoms with van der Waals surface area (Å²) < 4.78 is 51.4. The highest BCUT2D eigenvalue weighted by molar-refractivity contribution is 9.10. The molecule has 0 fully saturated rings. The minimum Gasteiger partial charge on any atom is -0.399 e. The zero-order valence-electron chi connectivity index (χ0n) is 7.70. The first kappa shape index (κ1) is 12.3. The van der Waals surface area contributed by atoms with E-state index in [9.17, 15) is 17.6 Å². The van der Waals surface area contributed by atoms with Gasteiger partial charge in [0.05, 0.1) is 0 Å². The largest absolute Gasteiger partial charge is 0.399 e. The summed E-state index contributed by atoms with van der Waals surface area (Å²) in [5.74, 6) is -4.26. The average Bonchev–Trinajstić information content (AvgIpc) is 2.07. The number of anilines is 1. The maximum Gasteiger partial charge on any atom is 0.367 e. The molecule has 0 radical (unpaired) electrons. The van der Waals surface area contributed by atoms with Crippen LogP contribution < -0.4 is 5.73 Å². The Morgan fingerprint density at radius 1 is 1.20 bits per heavy atom. The first-order valence-corrected chi connectivity index (χ1v) is 4.76. The topological polar surface area (TPSA) is 26.0 Å². The number of hydrogen-bond donors (Lipinski definition) is 1. The molecule has 0 atom stereocenters. The molecular weight excluding hydrogens is 278 g/mol. The van der Waals surface area contributed by atoms with Crippen molar-refractivity contribution < 1.29 is 17.6 Å². The van der Waals surface area contributed by atoms with Gasteiger partial charge in [-0.15, -0.1) is 0 Å². The Hall–Kier alpha value is -0.780. The fraction of sp³-hybridized carbons (Fsp3) is 0.333. The number of aryl methyl sites for hydroxylation is 1. The van der Waals surface area contributed by atoms with Gasteiger partial charge in [0.1, 0.15) is 0 Å². The first-order chi connectivity index (χ1) is 6.66. The lowest BCUT2D eigenvalue weighted by Gasteiger charge is -2.22. The van der Waals surface area contributed by atoms with Crippen LogP contribution in [-0.2, 0) is 5.92 Å². The number of rotatable bonds is 2. The Morgan fingerprint density at radius 3 is 2.13 bits per heavy atom. The second-order valence-electron chi connectivity index (χ2n) is 3.14. The molecule has 0 saturated carbocycles. The van der Waals surface area contributed by atoms with Crippen LogP contribution in [0.5, 0.6) is 0 Å². The first-order valence-electron chi connectivity index (χ1n) is 3.97. The van der Waals surface area contributed by atoms with Gasteiger partial charge in [0.25, 0.3) is 0 Å². The molecule has 6 heteroatoms. The van der Waals surface area contributed by atoms with Gasteiger partial charge in [0.2, 0.25) is 0 Å². The molecule has 0 aromatic heterocycles. The van der Waals surface area contributed by atoms with Gasteiger partial charge in [0.15, 0.2) is 0 Å². The number of nitrogens with two attached hydrogens (primary N) is 1. The van der Waals surface area contributed by atoms with E-state index in [1.54, 1.807) is 15.9 Å². The molecule has 0 saturated heterocycles. The summed E-state index contributed by atoms with van der Waals surface area (Å²) in [5, 5.41) is 0. The zero-order valence-corrected chi connectivity index (χ0v) is 9.29. The van der Waals surface area contributed by atoms with Crippen LogP contribution in [0.4, 0.5) is 23.2 Å². The van der Waals surface area contributed by atoms with Crippen LogP contribution in [0.25, 0.3) is 0 Å². The molecule has 0 spiro atoms. The molecule has 0 amide bonds. The fourth-order valence-corrected chi connectivity index (χ4v) is 1.26. The maximum absolute atomic E-state index is 13.1. The van der Waals surface area contributed by atoms with Crippen LogP contribution >= 0.6 is 15.9 Å². The van der Waals surface area contributed by atoms with Crippen LogP contribution in [0.1, 0.15) is 11.1 Å². The van der Waals surface area contributed by atoms with E-state index < -0.39 is 16.3 Å². The Kier molecular flexibility index (Phi) is 3.00. The summed E-state index contributed by atoms with van der Waals surface area (Å²) in [6.45, 7) is 1.47. The second kappa shape index (κ2) is 3.66. The van der Waals surface area contributed by atoms with Gasteiger partial charge in [-0.3, -0.25) is 0 Å². The van der Waals surface area contributed by atoms with E-state index in [0.29, 0.717) is 5.56 Å². The number of halogens is 5. The summed E-state index contributed by atoms with van der Waals surface area (Å²) in [6, 6.07) is 3.01. The van der Waals surface area contributed by atoms with Crippen molar-refractivity contribution in [1.29, 1.82) is 0 Å². The lowest BCUT2D eigenvalue weighted by atomic mass is 10.0. The van der Waals surface area contributed by atoms with Crippen molar-refractivity contribution in [3.8, 4) is 0 Å². The van der Waals surface area contributed by atoms with E-state index in [4.69, 9.17) is 5.73 Å². The number of benzene rings is 1. The van der Waals surface area contributed by atoms with Crippen LogP contribution in [0.15, 0.2) is 18.2 Å². The van der Waals surface area contributed by atoms with Gasteiger partial charge in [0, 0.05) is 11.3 Å². The van der Waals surface area contributed by atoms with Gasteiger partial charge in [-0.2, -0.15) is 17.6 Å². The van der Waals surface area contributed by atoms with Crippen molar-refractivity contribution in [1.82, 2.24) is 0 Å². The molecule has 0 bridgehead atoms. The van der Waals surface area contributed by atoms with Crippen LogP contribution in [0.3, 0.4) is 0 Å². The smallest absolute Gasteiger partial charge is 0.367 e. The lowest BCUT2D eigenvalue weighted by Crippen LogP contribution is -2.32. The third-order valence-electron chi connectivity index (χ3n) is 1.99. The predicted molar refractivity (Wildman–Crippen MR) is 53.4 cm³/mol. The molecule has 84 valence electrons. The molecule has 1 aromatic carbocycles. The van der Waals surface area contributed by atoms with Gasteiger partial charge < -0.3 is 5.73 Å². The summed E-state index contributed by atoms with van der Waals surface area (Å²) in [5.41, 5.74) is 5.25. The predicted octanol–water partition coefficient (Wildman–Crippen LogP) is 3.66. The number of alkyl halides is 5. The molecule has 1 aromatic rings. The molecule has 0 aliphatic carbocycles. The fourth-order valence-electron chi connectivity index (χ4n) is 1.03. The molecule has 0 heterocycles. The highest BCUT2D eigenvalue weighted by Gasteiger charge is 2.55. The summed E-state index contributed by atoms with van der Waals surface area (Å²) in [7, 11) is 0. The van der Waals surface area contributed by atoms with Crippen LogP contribution in [0, 0.1) is 6.92 Å². The Morgan fingerprint density at radius 2 is 1.73 bits per heavy atom. The quantitative estimate of drug-likeness (QED) is 0.501. The zero-order chi connectivity index (χ0) is 11.9. The van der Waals surface area contributed by atoms with Crippen molar-refractivity contribution in [2.24, 2.45) is 0 Å². The number of nitrogen functional groups attached to an aromatic ring is 1. The van der Waals surface area contributed by atoms with Gasteiger partial charge >= 0.3 is 10.8 Å². The van der Waals surface area contributed by atoms with E-state index in [0.717, 1.165) is 12.1 Å². The maximum atomic E-state index is 13.1. The van der Waals surface area contributed by atoms with Crippen LogP contribution in [-0.4, -0.2) is 4.83 Å². The van der Waals surface area contributed by atoms with E-state index in [-0.39, 0.29) is 5.69 Å². The molecule has 0 unspecified atom stereocenters. The van der Waals surface area contributed by atoms with Gasteiger partial charge in [-0.05, 0) is 40.5 Å². The normalized spacial score (nSPS) is 12.9.